The number of carbonyl (C=O) groups excluding carboxylic acids is 1. The molecule has 1 aliphatic rings. The number of amides is 1. The molecule has 1 aliphatic heterocycles. The van der Waals surface area contributed by atoms with Gasteiger partial charge in [-0.3, -0.25) is 4.79 Å². The predicted octanol–water partition coefficient (Wildman–Crippen LogP) is 3.71. The molecule has 0 spiro atoms. The molecular formula is C20H21N3O5S. The van der Waals surface area contributed by atoms with Gasteiger partial charge in [0, 0.05) is 0 Å². The van der Waals surface area contributed by atoms with Crippen molar-refractivity contribution in [1.29, 1.82) is 0 Å². The van der Waals surface area contributed by atoms with E-state index >= 15 is 0 Å². The molecule has 0 radical (unpaired) electrons. The molecule has 0 bridgehead atoms. The first-order valence-corrected chi connectivity index (χ1v) is 10.3. The second kappa shape index (κ2) is 8.60. The molecule has 1 amide bonds. The van der Waals surface area contributed by atoms with Crippen LogP contribution in [0.4, 0.5) is 0 Å². The molecule has 4 rings (SSSR count). The van der Waals surface area contributed by atoms with Crippen LogP contribution in [0.3, 0.4) is 0 Å². The first-order valence-electron chi connectivity index (χ1n) is 9.29. The van der Waals surface area contributed by atoms with Crippen molar-refractivity contribution in [3.63, 3.8) is 0 Å². The van der Waals surface area contributed by atoms with Gasteiger partial charge in [-0.1, -0.05) is 31.7 Å². The second-order valence-corrected chi connectivity index (χ2v) is 7.76. The molecule has 1 N–H and O–H groups in total. The van der Waals surface area contributed by atoms with Crippen molar-refractivity contribution < 1.29 is 23.1 Å². The highest BCUT2D eigenvalue weighted by Gasteiger charge is 2.22. The number of hydrogen-bond donors (Lipinski definition) is 1. The van der Waals surface area contributed by atoms with Crippen LogP contribution in [0.2, 0.25) is 0 Å². The predicted molar refractivity (Wildman–Crippen MR) is 106 cm³/mol. The highest BCUT2D eigenvalue weighted by atomic mass is 32.2. The van der Waals surface area contributed by atoms with E-state index in [0.717, 1.165) is 11.3 Å². The molecule has 0 saturated heterocycles. The maximum absolute atomic E-state index is 12.5. The van der Waals surface area contributed by atoms with Crippen molar-refractivity contribution in [2.24, 2.45) is 5.92 Å². The van der Waals surface area contributed by atoms with Gasteiger partial charge in [0.1, 0.15) is 13.2 Å². The molecule has 0 aliphatic carbocycles. The van der Waals surface area contributed by atoms with Gasteiger partial charge < -0.3 is 23.6 Å². The maximum Gasteiger partial charge on any atom is 0.284 e. The summed E-state index contributed by atoms with van der Waals surface area (Å²) in [5.41, 5.74) is 0.973. The van der Waals surface area contributed by atoms with Gasteiger partial charge in [-0.25, -0.2) is 0 Å². The van der Waals surface area contributed by atoms with E-state index in [1.165, 1.54) is 18.0 Å². The zero-order chi connectivity index (χ0) is 20.2. The Morgan fingerprint density at radius 2 is 2.00 bits per heavy atom. The van der Waals surface area contributed by atoms with Gasteiger partial charge in [0.25, 0.3) is 11.1 Å². The Hall–Kier alpha value is -2.94. The molecule has 0 fully saturated rings. The molecule has 3 heterocycles. The van der Waals surface area contributed by atoms with Gasteiger partial charge in [-0.2, -0.15) is 0 Å². The van der Waals surface area contributed by atoms with Gasteiger partial charge in [-0.15, -0.1) is 10.2 Å². The summed E-state index contributed by atoms with van der Waals surface area (Å²) >= 11 is 1.18. The number of aromatic nitrogens is 2. The van der Waals surface area contributed by atoms with Gasteiger partial charge in [0.15, 0.2) is 17.3 Å². The van der Waals surface area contributed by atoms with Crippen molar-refractivity contribution in [3.8, 4) is 23.1 Å². The molecule has 1 aromatic carbocycles. The van der Waals surface area contributed by atoms with Crippen molar-refractivity contribution in [3.05, 3.63) is 42.2 Å². The summed E-state index contributed by atoms with van der Waals surface area (Å²) in [4.78, 5) is 12.5. The highest BCUT2D eigenvalue weighted by molar-refractivity contribution is 7.99. The van der Waals surface area contributed by atoms with Crippen LogP contribution in [0.15, 0.2) is 50.7 Å². The Morgan fingerprint density at radius 3 is 2.76 bits per heavy atom. The van der Waals surface area contributed by atoms with Crippen LogP contribution in [-0.2, 0) is 4.79 Å². The minimum absolute atomic E-state index is 0.124. The third-order valence-corrected chi connectivity index (χ3v) is 5.19. The zero-order valence-corrected chi connectivity index (χ0v) is 16.9. The minimum Gasteiger partial charge on any atom is -0.486 e. The van der Waals surface area contributed by atoms with Crippen molar-refractivity contribution in [2.45, 2.75) is 25.1 Å². The minimum atomic E-state index is -0.153. The third kappa shape index (κ3) is 4.56. The summed E-state index contributed by atoms with van der Waals surface area (Å²) in [6.45, 7) is 5.19. The fraction of sp³-hybridized carbons (Fsp3) is 0.350. The summed E-state index contributed by atoms with van der Waals surface area (Å²) < 4.78 is 22.0. The van der Waals surface area contributed by atoms with Gasteiger partial charge >= 0.3 is 0 Å². The lowest BCUT2D eigenvalue weighted by Gasteiger charge is -2.25. The Balaban J connectivity index is 1.38. The normalized spacial score (nSPS) is 14.0. The average molecular weight is 415 g/mol. The average Bonchev–Trinajstić information content (AvgIpc) is 3.41. The molecule has 8 nitrogen and oxygen atoms in total. The Morgan fingerprint density at radius 1 is 1.17 bits per heavy atom. The Labute approximate surface area is 172 Å². The fourth-order valence-corrected chi connectivity index (χ4v) is 3.57. The SMILES string of the molecule is CC(C)[C@H](NC(=O)CSc1nnc(-c2ccco2)o1)c1ccc2c(c1)OCCO2. The standard InChI is InChI=1S/C20H21N3O5S/c1-12(2)18(13-5-6-14-16(10-13)27-9-8-26-14)21-17(24)11-29-20-23-22-19(28-20)15-4-3-7-25-15/h3-7,10,12,18H,8-9,11H2,1-2H3,(H,21,24)/t18-/m0/s1. The molecule has 29 heavy (non-hydrogen) atoms. The van der Waals surface area contributed by atoms with Crippen LogP contribution >= 0.6 is 11.8 Å². The first-order chi connectivity index (χ1) is 14.1. The summed E-state index contributed by atoms with van der Waals surface area (Å²) in [5, 5.41) is 11.3. The van der Waals surface area contributed by atoms with Crippen LogP contribution in [-0.4, -0.2) is 35.1 Å². The fourth-order valence-electron chi connectivity index (χ4n) is 3.00. The van der Waals surface area contributed by atoms with E-state index in [1.54, 1.807) is 12.1 Å². The molecule has 0 saturated carbocycles. The lowest BCUT2D eigenvalue weighted by Crippen LogP contribution is -2.33. The summed E-state index contributed by atoms with van der Waals surface area (Å²) in [6.07, 6.45) is 1.53. The quantitative estimate of drug-likeness (QED) is 0.583. The number of thioether (sulfide) groups is 1. The van der Waals surface area contributed by atoms with Crippen molar-refractivity contribution in [2.75, 3.05) is 19.0 Å². The number of nitrogens with zero attached hydrogens (tertiary/aromatic N) is 2. The first kappa shape index (κ1) is 19.4. The number of hydrogen-bond acceptors (Lipinski definition) is 8. The van der Waals surface area contributed by atoms with E-state index in [1.807, 2.05) is 18.2 Å². The number of benzene rings is 1. The van der Waals surface area contributed by atoms with Gasteiger partial charge in [-0.05, 0) is 35.7 Å². The molecular weight excluding hydrogens is 394 g/mol. The number of rotatable bonds is 7. The van der Waals surface area contributed by atoms with E-state index in [9.17, 15) is 4.79 Å². The topological polar surface area (TPSA) is 99.6 Å². The summed E-state index contributed by atoms with van der Waals surface area (Å²) in [6, 6.07) is 9.09. The summed E-state index contributed by atoms with van der Waals surface area (Å²) in [7, 11) is 0. The lowest BCUT2D eigenvalue weighted by atomic mass is 9.95. The molecule has 0 unspecified atom stereocenters. The number of furan rings is 1. The smallest absolute Gasteiger partial charge is 0.284 e. The molecule has 152 valence electrons. The van der Waals surface area contributed by atoms with E-state index in [-0.39, 0.29) is 29.5 Å². The number of ether oxygens (including phenoxy) is 2. The molecule has 1 atom stereocenters. The van der Waals surface area contributed by atoms with Gasteiger partial charge in [0.2, 0.25) is 5.91 Å². The third-order valence-electron chi connectivity index (χ3n) is 4.37. The van der Waals surface area contributed by atoms with Crippen LogP contribution in [0.5, 0.6) is 11.5 Å². The van der Waals surface area contributed by atoms with Crippen molar-refractivity contribution in [1.82, 2.24) is 15.5 Å². The van der Waals surface area contributed by atoms with E-state index in [2.05, 4.69) is 29.4 Å². The van der Waals surface area contributed by atoms with Crippen molar-refractivity contribution >= 4 is 17.7 Å². The van der Waals surface area contributed by atoms with Crippen LogP contribution in [0, 0.1) is 5.92 Å². The lowest BCUT2D eigenvalue weighted by molar-refractivity contribution is -0.119. The zero-order valence-electron chi connectivity index (χ0n) is 16.1. The monoisotopic (exact) mass is 415 g/mol. The number of carbonyl (C=O) groups is 1. The van der Waals surface area contributed by atoms with Crippen LogP contribution in [0.25, 0.3) is 11.7 Å². The van der Waals surface area contributed by atoms with Gasteiger partial charge in [0.05, 0.1) is 18.1 Å². The second-order valence-electron chi connectivity index (χ2n) is 6.83. The van der Waals surface area contributed by atoms with E-state index < -0.39 is 0 Å². The molecule has 2 aromatic heterocycles. The summed E-state index contributed by atoms with van der Waals surface area (Å²) in [5.74, 6) is 2.45. The largest absolute Gasteiger partial charge is 0.486 e. The highest BCUT2D eigenvalue weighted by Crippen LogP contribution is 2.34. The molecule has 3 aromatic rings. The Kier molecular flexibility index (Phi) is 5.75. The van der Waals surface area contributed by atoms with E-state index in [4.69, 9.17) is 18.3 Å². The van der Waals surface area contributed by atoms with Crippen LogP contribution < -0.4 is 14.8 Å². The number of nitrogens with one attached hydrogen (secondary N) is 1. The van der Waals surface area contributed by atoms with Crippen LogP contribution in [0.1, 0.15) is 25.5 Å². The maximum atomic E-state index is 12.5. The Bertz CT molecular complexity index is 970. The number of fused-ring (bicyclic) bond motifs is 1. The van der Waals surface area contributed by atoms with E-state index in [0.29, 0.717) is 29.9 Å². The molecule has 9 heteroatoms.